The van der Waals surface area contributed by atoms with Crippen molar-refractivity contribution in [2.45, 2.75) is 37.8 Å². The lowest BCUT2D eigenvalue weighted by Crippen LogP contribution is -2.57. The number of ether oxygens (including phenoxy) is 1. The Morgan fingerprint density at radius 1 is 1.06 bits per heavy atom. The summed E-state index contributed by atoms with van der Waals surface area (Å²) in [5, 5.41) is 13.9. The zero-order valence-electron chi connectivity index (χ0n) is 17.8. The Kier molecular flexibility index (Phi) is 5.70. The van der Waals surface area contributed by atoms with Crippen LogP contribution in [0.2, 0.25) is 0 Å². The Hall–Kier alpha value is -2.77. The van der Waals surface area contributed by atoms with Crippen LogP contribution in [0.3, 0.4) is 0 Å². The highest BCUT2D eigenvalue weighted by Crippen LogP contribution is 2.35. The number of carbonyl (C=O) groups is 1. The van der Waals surface area contributed by atoms with Crippen molar-refractivity contribution in [3.8, 4) is 0 Å². The molecule has 2 aliphatic rings. The molecule has 1 aliphatic carbocycles. The lowest BCUT2D eigenvalue weighted by atomic mass is 9.94. The fourth-order valence-electron chi connectivity index (χ4n) is 5.10. The fourth-order valence-corrected chi connectivity index (χ4v) is 5.10. The van der Waals surface area contributed by atoms with E-state index >= 15 is 0 Å². The van der Waals surface area contributed by atoms with E-state index in [-0.39, 0.29) is 11.4 Å². The van der Waals surface area contributed by atoms with E-state index in [0.717, 1.165) is 44.7 Å². The molecule has 0 atom stereocenters. The molecule has 0 spiro atoms. The van der Waals surface area contributed by atoms with E-state index in [1.807, 2.05) is 12.1 Å². The first-order chi connectivity index (χ1) is 15.2. The molecule has 2 aromatic carbocycles. The summed E-state index contributed by atoms with van der Waals surface area (Å²) in [6.07, 6.45) is 6.43. The third kappa shape index (κ3) is 4.20. The molecule has 5 rings (SSSR count). The van der Waals surface area contributed by atoms with Crippen molar-refractivity contribution in [1.29, 1.82) is 0 Å². The number of hydrogen-bond acceptors (Lipinski definition) is 5. The molecule has 2 fully saturated rings. The van der Waals surface area contributed by atoms with Crippen LogP contribution in [0.25, 0.3) is 10.8 Å². The molecular weight excluding hydrogens is 390 g/mol. The molecule has 162 valence electrons. The lowest BCUT2D eigenvalue weighted by Gasteiger charge is -2.43. The molecule has 0 radical (unpaired) electrons. The number of carbonyl (C=O) groups excluding carboxylic acids is 1. The van der Waals surface area contributed by atoms with Gasteiger partial charge >= 0.3 is 0 Å². The monoisotopic (exact) mass is 419 g/mol. The van der Waals surface area contributed by atoms with Crippen LogP contribution < -0.4 is 5.32 Å². The van der Waals surface area contributed by atoms with Gasteiger partial charge in [0.2, 0.25) is 0 Å². The number of rotatable bonds is 6. The third-order valence-electron chi connectivity index (χ3n) is 6.78. The number of amides is 1. The van der Waals surface area contributed by atoms with Crippen LogP contribution in [0.15, 0.2) is 48.7 Å². The summed E-state index contributed by atoms with van der Waals surface area (Å²) in [4.78, 5) is 15.3. The number of morpholine rings is 1. The molecule has 7 nitrogen and oxygen atoms in total. The Balaban J connectivity index is 1.25. The first-order valence-electron chi connectivity index (χ1n) is 11.2. The van der Waals surface area contributed by atoms with Gasteiger partial charge < -0.3 is 10.1 Å². The van der Waals surface area contributed by atoms with E-state index in [2.05, 4.69) is 50.9 Å². The van der Waals surface area contributed by atoms with Crippen molar-refractivity contribution in [1.82, 2.24) is 25.2 Å². The van der Waals surface area contributed by atoms with E-state index in [1.54, 1.807) is 10.9 Å². The van der Waals surface area contributed by atoms with Crippen LogP contribution in [0.5, 0.6) is 0 Å². The molecule has 31 heavy (non-hydrogen) atoms. The maximum absolute atomic E-state index is 12.8. The largest absolute Gasteiger partial charge is 0.379 e. The van der Waals surface area contributed by atoms with Gasteiger partial charge in [-0.1, -0.05) is 60.5 Å². The third-order valence-corrected chi connectivity index (χ3v) is 6.78. The molecule has 1 N–H and O–H groups in total. The van der Waals surface area contributed by atoms with Gasteiger partial charge in [-0.3, -0.25) is 9.69 Å². The van der Waals surface area contributed by atoms with Gasteiger partial charge in [0, 0.05) is 25.2 Å². The molecule has 7 heteroatoms. The molecule has 0 bridgehead atoms. The summed E-state index contributed by atoms with van der Waals surface area (Å²) in [6, 6.07) is 14.5. The first kappa shape index (κ1) is 20.2. The van der Waals surface area contributed by atoms with Crippen LogP contribution in [0.1, 0.15) is 41.7 Å². The van der Waals surface area contributed by atoms with Crippen LogP contribution in [0.4, 0.5) is 0 Å². The quantitative estimate of drug-likeness (QED) is 0.665. The second kappa shape index (κ2) is 8.77. The Morgan fingerprint density at radius 2 is 1.84 bits per heavy atom. The minimum Gasteiger partial charge on any atom is -0.379 e. The maximum atomic E-state index is 12.8. The summed E-state index contributed by atoms with van der Waals surface area (Å²) in [5.41, 5.74) is 1.58. The summed E-state index contributed by atoms with van der Waals surface area (Å²) < 4.78 is 7.27. The van der Waals surface area contributed by atoms with Crippen LogP contribution >= 0.6 is 0 Å². The Labute approximate surface area is 182 Å². The van der Waals surface area contributed by atoms with Crippen molar-refractivity contribution in [3.63, 3.8) is 0 Å². The minimum absolute atomic E-state index is 0.0540. The van der Waals surface area contributed by atoms with Gasteiger partial charge in [-0.15, -0.1) is 5.10 Å². The average molecular weight is 420 g/mol. The Bertz CT molecular complexity index is 1050. The number of fused-ring (bicyclic) bond motifs is 1. The van der Waals surface area contributed by atoms with Gasteiger partial charge in [-0.25, -0.2) is 4.68 Å². The SMILES string of the molecule is O=C(NCC1(N2CCOCC2)CCCC1)c1cn(Cc2cccc3ccccc23)nn1. The zero-order valence-corrected chi connectivity index (χ0v) is 17.8. The highest BCUT2D eigenvalue weighted by atomic mass is 16.5. The second-order valence-corrected chi connectivity index (χ2v) is 8.65. The number of nitrogens with zero attached hydrogens (tertiary/aromatic N) is 4. The summed E-state index contributed by atoms with van der Waals surface area (Å²) in [6.45, 7) is 4.67. The van der Waals surface area contributed by atoms with E-state index in [1.165, 1.54) is 23.6 Å². The van der Waals surface area contributed by atoms with Crippen molar-refractivity contribution >= 4 is 16.7 Å². The highest BCUT2D eigenvalue weighted by Gasteiger charge is 2.40. The summed E-state index contributed by atoms with van der Waals surface area (Å²) >= 11 is 0. The first-order valence-corrected chi connectivity index (χ1v) is 11.2. The molecule has 1 saturated heterocycles. The molecule has 0 unspecified atom stereocenters. The number of nitrogens with one attached hydrogen (secondary N) is 1. The lowest BCUT2D eigenvalue weighted by molar-refractivity contribution is -0.0199. The van der Waals surface area contributed by atoms with E-state index in [0.29, 0.717) is 18.8 Å². The Morgan fingerprint density at radius 3 is 2.68 bits per heavy atom. The standard InChI is InChI=1S/C24H29N5O2/c30-23(25-18-24(10-3-4-11-24)28-12-14-31-15-13-28)22-17-29(27-26-22)16-20-8-5-7-19-6-1-2-9-21(19)20/h1-2,5-9,17H,3-4,10-16,18H2,(H,25,30). The number of aromatic nitrogens is 3. The van der Waals surface area contributed by atoms with E-state index < -0.39 is 0 Å². The van der Waals surface area contributed by atoms with Gasteiger partial charge in [0.25, 0.3) is 5.91 Å². The van der Waals surface area contributed by atoms with Gasteiger partial charge in [-0.2, -0.15) is 0 Å². The van der Waals surface area contributed by atoms with Gasteiger partial charge in [-0.05, 0) is 29.2 Å². The van der Waals surface area contributed by atoms with Crippen molar-refractivity contribution in [2.75, 3.05) is 32.8 Å². The molecule has 2 heterocycles. The highest BCUT2D eigenvalue weighted by molar-refractivity contribution is 5.92. The average Bonchev–Trinajstić information content (AvgIpc) is 3.49. The molecule has 1 aromatic heterocycles. The van der Waals surface area contributed by atoms with E-state index in [9.17, 15) is 4.79 Å². The maximum Gasteiger partial charge on any atom is 0.273 e. The smallest absolute Gasteiger partial charge is 0.273 e. The molecule has 1 aliphatic heterocycles. The molecular formula is C24H29N5O2. The molecule has 1 saturated carbocycles. The van der Waals surface area contributed by atoms with Crippen LogP contribution in [-0.2, 0) is 11.3 Å². The topological polar surface area (TPSA) is 72.3 Å². The van der Waals surface area contributed by atoms with Crippen molar-refractivity contribution < 1.29 is 9.53 Å². The van der Waals surface area contributed by atoms with Crippen LogP contribution in [0, 0.1) is 0 Å². The number of hydrogen-bond donors (Lipinski definition) is 1. The molecule has 3 aromatic rings. The predicted molar refractivity (Wildman–Crippen MR) is 119 cm³/mol. The summed E-state index contributed by atoms with van der Waals surface area (Å²) in [5.74, 6) is -0.149. The second-order valence-electron chi connectivity index (χ2n) is 8.65. The van der Waals surface area contributed by atoms with Crippen molar-refractivity contribution in [3.05, 3.63) is 59.9 Å². The minimum atomic E-state index is -0.149. The molecule has 1 amide bonds. The zero-order chi connectivity index (χ0) is 21.1. The van der Waals surface area contributed by atoms with Gasteiger partial charge in [0.1, 0.15) is 0 Å². The predicted octanol–water partition coefficient (Wildman–Crippen LogP) is 2.85. The fraction of sp³-hybridized carbons (Fsp3) is 0.458. The van der Waals surface area contributed by atoms with Crippen LogP contribution in [-0.4, -0.2) is 64.2 Å². The summed E-state index contributed by atoms with van der Waals surface area (Å²) in [7, 11) is 0. The van der Waals surface area contributed by atoms with Gasteiger partial charge in [0.05, 0.1) is 26.0 Å². The van der Waals surface area contributed by atoms with E-state index in [4.69, 9.17) is 4.74 Å². The normalized spacial score (nSPS) is 19.0. The van der Waals surface area contributed by atoms with Crippen molar-refractivity contribution in [2.24, 2.45) is 0 Å². The van der Waals surface area contributed by atoms with Gasteiger partial charge in [0.15, 0.2) is 5.69 Å². The number of benzene rings is 2.